The quantitative estimate of drug-likeness (QED) is 0.183. The summed E-state index contributed by atoms with van der Waals surface area (Å²) in [6.07, 6.45) is 2.61. The number of rotatable bonds is 10. The van der Waals surface area contributed by atoms with E-state index in [0.29, 0.717) is 30.0 Å². The third kappa shape index (κ3) is 6.52. The summed E-state index contributed by atoms with van der Waals surface area (Å²) in [5, 5.41) is 3.58. The summed E-state index contributed by atoms with van der Waals surface area (Å²) in [5.41, 5.74) is 16.4. The van der Waals surface area contributed by atoms with E-state index in [-0.39, 0.29) is 36.9 Å². The van der Waals surface area contributed by atoms with E-state index in [1.807, 2.05) is 0 Å². The normalized spacial score (nSPS) is 20.2. The molecule has 172 valence electrons. The molecule has 6 N–H and O–H groups in total. The van der Waals surface area contributed by atoms with Crippen LogP contribution in [-0.4, -0.2) is 48.3 Å². The predicted molar refractivity (Wildman–Crippen MR) is 113 cm³/mol. The second-order valence-electron chi connectivity index (χ2n) is 7.89. The van der Waals surface area contributed by atoms with Crippen molar-refractivity contribution in [3.63, 3.8) is 0 Å². The van der Waals surface area contributed by atoms with Crippen molar-refractivity contribution < 1.29 is 22.2 Å². The number of carbonyl (C=O) groups is 1. The van der Waals surface area contributed by atoms with Crippen LogP contribution in [0.25, 0.3) is 0 Å². The summed E-state index contributed by atoms with van der Waals surface area (Å²) in [6.45, 7) is 0.625. The maximum Gasteiger partial charge on any atom is 0.224 e. The van der Waals surface area contributed by atoms with Gasteiger partial charge in [0.25, 0.3) is 0 Å². The number of nitrogens with two attached hydrogens (primary N) is 2. The third-order valence-corrected chi connectivity index (χ3v) is 6.28. The molecule has 1 aliphatic carbocycles. The molecule has 1 heterocycles. The minimum Gasteiger partial charge on any atom is -0.399 e. The average molecular weight is 460 g/mol. The number of nitrogens with zero attached hydrogens (tertiary/aromatic N) is 1. The number of benzene rings is 1. The Hall–Kier alpha value is -1.95. The zero-order valence-corrected chi connectivity index (χ0v) is 18.1. The van der Waals surface area contributed by atoms with Crippen molar-refractivity contribution in [3.05, 3.63) is 46.5 Å². The van der Waals surface area contributed by atoms with Gasteiger partial charge in [-0.3, -0.25) is 4.79 Å². The van der Waals surface area contributed by atoms with Gasteiger partial charge in [-0.2, -0.15) is 5.48 Å². The maximum absolute atomic E-state index is 13.9. The van der Waals surface area contributed by atoms with Gasteiger partial charge in [-0.05, 0) is 30.9 Å². The molecule has 1 aromatic rings. The smallest absolute Gasteiger partial charge is 0.224 e. The van der Waals surface area contributed by atoms with E-state index < -0.39 is 23.5 Å². The lowest BCUT2D eigenvalue weighted by atomic mass is 9.99. The molecule has 1 aromatic carbocycles. The Kier molecular flexibility index (Phi) is 8.09. The number of amides is 1. The van der Waals surface area contributed by atoms with E-state index in [4.69, 9.17) is 15.8 Å². The molecule has 1 saturated carbocycles. The molecule has 11 heteroatoms. The molecule has 0 radical (unpaired) electrons. The van der Waals surface area contributed by atoms with Crippen LogP contribution in [0.1, 0.15) is 31.2 Å². The topological polar surface area (TPSA) is 106 Å². The summed E-state index contributed by atoms with van der Waals surface area (Å²) in [6, 6.07) is 0.278. The Morgan fingerprint density at radius 3 is 2.68 bits per heavy atom. The zero-order valence-electron chi connectivity index (χ0n) is 17.3. The van der Waals surface area contributed by atoms with Crippen LogP contribution in [0.5, 0.6) is 0 Å². The highest BCUT2D eigenvalue weighted by Gasteiger charge is 2.31. The highest BCUT2D eigenvalue weighted by atomic mass is 32.2. The molecule has 1 fully saturated rings. The lowest BCUT2D eigenvalue weighted by Crippen LogP contribution is -2.52. The van der Waals surface area contributed by atoms with E-state index in [9.17, 15) is 18.0 Å². The van der Waals surface area contributed by atoms with E-state index in [1.165, 1.54) is 12.0 Å². The first kappa shape index (κ1) is 23.7. The number of halogens is 3. The van der Waals surface area contributed by atoms with Crippen molar-refractivity contribution in [2.24, 2.45) is 11.5 Å². The van der Waals surface area contributed by atoms with Gasteiger partial charge in [-0.15, -0.1) is 0 Å². The van der Waals surface area contributed by atoms with Gasteiger partial charge in [-0.25, -0.2) is 17.5 Å². The molecule has 1 aliphatic heterocycles. The van der Waals surface area contributed by atoms with Crippen LogP contribution in [0.15, 0.2) is 23.5 Å². The van der Waals surface area contributed by atoms with Crippen molar-refractivity contribution >= 4 is 17.9 Å². The van der Waals surface area contributed by atoms with E-state index in [2.05, 4.69) is 10.8 Å². The van der Waals surface area contributed by atoms with E-state index >= 15 is 0 Å². The SMILES string of the molecule is CNC1=C(N)CN(C(=O)CC(N)Cc2cc(F)c(F)cc2F)C(CNOSC2CC2)C1. The van der Waals surface area contributed by atoms with Gasteiger partial charge in [0.2, 0.25) is 5.91 Å². The molecule has 0 saturated heterocycles. The lowest BCUT2D eigenvalue weighted by molar-refractivity contribution is -0.134. The molecule has 1 amide bonds. The average Bonchev–Trinajstić information content (AvgIpc) is 3.54. The summed E-state index contributed by atoms with van der Waals surface area (Å²) in [4.78, 5) is 14.6. The maximum atomic E-state index is 13.9. The summed E-state index contributed by atoms with van der Waals surface area (Å²) in [7, 11) is 1.77. The van der Waals surface area contributed by atoms with E-state index in [1.54, 1.807) is 11.9 Å². The van der Waals surface area contributed by atoms with Crippen LogP contribution < -0.4 is 22.3 Å². The monoisotopic (exact) mass is 459 g/mol. The van der Waals surface area contributed by atoms with Crippen LogP contribution in [0.2, 0.25) is 0 Å². The predicted octanol–water partition coefficient (Wildman–Crippen LogP) is 1.69. The second-order valence-corrected chi connectivity index (χ2v) is 8.91. The molecular formula is C20H28F3N5O2S. The second kappa shape index (κ2) is 10.6. The Labute approximate surface area is 183 Å². The van der Waals surface area contributed by atoms with Gasteiger partial charge in [0, 0.05) is 67.2 Å². The first-order valence-corrected chi connectivity index (χ1v) is 11.0. The number of carbonyl (C=O) groups excluding carboxylic acids is 1. The molecule has 0 aromatic heterocycles. The van der Waals surface area contributed by atoms with Crippen LogP contribution in [0.3, 0.4) is 0 Å². The molecule has 2 aliphatic rings. The van der Waals surface area contributed by atoms with Crippen LogP contribution in [0, 0.1) is 17.5 Å². The molecule has 31 heavy (non-hydrogen) atoms. The van der Waals surface area contributed by atoms with Gasteiger partial charge in [0.05, 0.1) is 12.6 Å². The molecule has 7 nitrogen and oxygen atoms in total. The van der Waals surface area contributed by atoms with Gasteiger partial charge in [0.15, 0.2) is 11.6 Å². The Morgan fingerprint density at radius 2 is 2.00 bits per heavy atom. The van der Waals surface area contributed by atoms with Gasteiger partial charge < -0.3 is 21.7 Å². The number of hydrogen-bond acceptors (Lipinski definition) is 7. The molecule has 2 atom stereocenters. The van der Waals surface area contributed by atoms with Gasteiger partial charge in [-0.1, -0.05) is 0 Å². The fourth-order valence-corrected chi connectivity index (χ4v) is 4.04. The van der Waals surface area contributed by atoms with Crippen molar-refractivity contribution in [1.82, 2.24) is 15.7 Å². The molecule has 0 bridgehead atoms. The van der Waals surface area contributed by atoms with Gasteiger partial charge in [0.1, 0.15) is 5.82 Å². The standard InChI is InChI=1S/C20H28F3N5O2S/c1-26-19-7-13(9-27-30-31-14-2-3-14)28(10-18(19)25)20(29)6-12(24)4-11-5-16(22)17(23)8-15(11)21/h5,8,12-14,26-27H,2-4,6-7,9-10,24-25H2,1H3. The minimum atomic E-state index is -1.26. The minimum absolute atomic E-state index is 0.0709. The fourth-order valence-electron chi connectivity index (χ4n) is 3.43. The number of hydrogen-bond donors (Lipinski definition) is 4. The van der Waals surface area contributed by atoms with Crippen molar-refractivity contribution in [3.8, 4) is 0 Å². The van der Waals surface area contributed by atoms with Crippen LogP contribution in [0.4, 0.5) is 13.2 Å². The first-order valence-electron chi connectivity index (χ1n) is 10.2. The molecule has 3 rings (SSSR count). The Morgan fingerprint density at radius 1 is 1.29 bits per heavy atom. The van der Waals surface area contributed by atoms with Gasteiger partial charge >= 0.3 is 0 Å². The number of hydroxylamine groups is 1. The fraction of sp³-hybridized carbons (Fsp3) is 0.550. The third-order valence-electron chi connectivity index (χ3n) is 5.33. The number of nitrogens with one attached hydrogen (secondary N) is 2. The Bertz CT molecular complexity index is 837. The highest BCUT2D eigenvalue weighted by Crippen LogP contribution is 2.33. The van der Waals surface area contributed by atoms with E-state index in [0.717, 1.165) is 24.6 Å². The summed E-state index contributed by atoms with van der Waals surface area (Å²) < 4.78 is 45.9. The zero-order chi connectivity index (χ0) is 22.5. The summed E-state index contributed by atoms with van der Waals surface area (Å²) in [5.74, 6) is -3.56. The lowest BCUT2D eigenvalue weighted by Gasteiger charge is -2.37. The van der Waals surface area contributed by atoms with Crippen LogP contribution in [-0.2, 0) is 15.5 Å². The summed E-state index contributed by atoms with van der Waals surface area (Å²) >= 11 is 1.38. The van der Waals surface area contributed by atoms with Crippen LogP contribution >= 0.6 is 12.0 Å². The molecule has 0 spiro atoms. The van der Waals surface area contributed by atoms with Crippen molar-refractivity contribution in [2.75, 3.05) is 20.1 Å². The van der Waals surface area contributed by atoms with Crippen molar-refractivity contribution in [2.45, 2.75) is 49.4 Å². The molecular weight excluding hydrogens is 431 g/mol. The highest BCUT2D eigenvalue weighted by molar-refractivity contribution is 7.95. The first-order chi connectivity index (χ1) is 14.8. The largest absolute Gasteiger partial charge is 0.399 e. The Balaban J connectivity index is 1.60. The van der Waals surface area contributed by atoms with Crippen molar-refractivity contribution in [1.29, 1.82) is 0 Å². The molecule has 2 unspecified atom stereocenters.